The van der Waals surface area contributed by atoms with Crippen molar-refractivity contribution < 1.29 is 33.8 Å². The molecule has 1 heterocycles. The minimum absolute atomic E-state index is 0.0322. The van der Waals surface area contributed by atoms with E-state index >= 15 is 0 Å². The zero-order valence-electron chi connectivity index (χ0n) is 16.3. The van der Waals surface area contributed by atoms with Crippen LogP contribution >= 0.6 is 0 Å². The number of ether oxygens (including phenoxy) is 2. The molecular formula is C17H30N4O7. The predicted molar refractivity (Wildman–Crippen MR) is 98.4 cm³/mol. The van der Waals surface area contributed by atoms with E-state index in [2.05, 4.69) is 0 Å². The van der Waals surface area contributed by atoms with Crippen LogP contribution in [0.5, 0.6) is 0 Å². The zero-order chi connectivity index (χ0) is 20.8. The van der Waals surface area contributed by atoms with E-state index in [0.29, 0.717) is 65.3 Å². The summed E-state index contributed by atoms with van der Waals surface area (Å²) in [5, 5.41) is 9.15. The molecule has 1 rings (SSSR count). The van der Waals surface area contributed by atoms with E-state index < -0.39 is 5.97 Å². The average molecular weight is 402 g/mol. The smallest absolute Gasteiger partial charge is 0.317 e. The van der Waals surface area contributed by atoms with Gasteiger partial charge in [0, 0.05) is 52.4 Å². The van der Waals surface area contributed by atoms with Crippen LogP contribution in [0.25, 0.3) is 0 Å². The molecule has 1 fully saturated rings. The van der Waals surface area contributed by atoms with Crippen molar-refractivity contribution in [3.8, 4) is 0 Å². The highest BCUT2D eigenvalue weighted by Crippen LogP contribution is 2.01. The topological polar surface area (TPSA) is 120 Å². The van der Waals surface area contributed by atoms with E-state index in [-0.39, 0.29) is 32.3 Å². The molecule has 0 unspecified atom stereocenters. The minimum Gasteiger partial charge on any atom is -0.480 e. The van der Waals surface area contributed by atoms with Crippen LogP contribution in [0.2, 0.25) is 0 Å². The van der Waals surface area contributed by atoms with Crippen molar-refractivity contribution in [1.82, 2.24) is 19.6 Å². The molecule has 1 aliphatic heterocycles. The van der Waals surface area contributed by atoms with Gasteiger partial charge in [-0.05, 0) is 6.92 Å². The normalized spacial score (nSPS) is 19.2. The number of hydrogen-bond acceptors (Lipinski definition) is 10. The van der Waals surface area contributed by atoms with Crippen molar-refractivity contribution in [2.24, 2.45) is 0 Å². The molecule has 0 spiro atoms. The van der Waals surface area contributed by atoms with Gasteiger partial charge in [0.25, 0.3) is 12.9 Å². The molecule has 160 valence electrons. The lowest BCUT2D eigenvalue weighted by Crippen LogP contribution is -2.48. The van der Waals surface area contributed by atoms with Crippen LogP contribution < -0.4 is 0 Å². The van der Waals surface area contributed by atoms with Crippen LogP contribution in [0, 0.1) is 0 Å². The molecule has 0 aromatic heterocycles. The molecule has 28 heavy (non-hydrogen) atoms. The second-order valence-electron chi connectivity index (χ2n) is 6.67. The maximum Gasteiger partial charge on any atom is 0.317 e. The molecule has 1 aliphatic rings. The van der Waals surface area contributed by atoms with Gasteiger partial charge >= 0.3 is 5.97 Å². The van der Waals surface area contributed by atoms with E-state index in [1.54, 1.807) is 4.90 Å². The molecule has 0 aromatic carbocycles. The van der Waals surface area contributed by atoms with Crippen molar-refractivity contribution in [2.75, 3.05) is 78.9 Å². The van der Waals surface area contributed by atoms with Crippen LogP contribution in [-0.4, -0.2) is 128 Å². The van der Waals surface area contributed by atoms with Crippen LogP contribution in [0.4, 0.5) is 0 Å². The van der Waals surface area contributed by atoms with Gasteiger partial charge in [0.2, 0.25) is 0 Å². The number of ketones is 1. The molecule has 11 heteroatoms. The van der Waals surface area contributed by atoms with Crippen molar-refractivity contribution in [3.63, 3.8) is 0 Å². The van der Waals surface area contributed by atoms with Gasteiger partial charge < -0.3 is 14.6 Å². The Morgan fingerprint density at radius 3 is 1.43 bits per heavy atom. The van der Waals surface area contributed by atoms with Crippen LogP contribution in [-0.2, 0) is 28.7 Å². The minimum atomic E-state index is -0.918. The molecule has 1 N–H and O–H groups in total. The van der Waals surface area contributed by atoms with Crippen LogP contribution in [0.1, 0.15) is 6.92 Å². The SMILES string of the molecule is CC(=O)CN1CCN(COC=O)CCN(COC=O)CCN(CC(=O)O)CC1. The van der Waals surface area contributed by atoms with Crippen LogP contribution in [0.3, 0.4) is 0 Å². The molecular weight excluding hydrogens is 372 g/mol. The van der Waals surface area contributed by atoms with Crippen molar-refractivity contribution in [1.29, 1.82) is 0 Å². The number of hydrogen-bond donors (Lipinski definition) is 1. The second kappa shape index (κ2) is 14.0. The summed E-state index contributed by atoms with van der Waals surface area (Å²) in [6.07, 6.45) is 0. The summed E-state index contributed by atoms with van der Waals surface area (Å²) >= 11 is 0. The summed E-state index contributed by atoms with van der Waals surface area (Å²) in [5.41, 5.74) is 0. The third kappa shape index (κ3) is 10.9. The Kier molecular flexibility index (Phi) is 12.0. The fourth-order valence-corrected chi connectivity index (χ4v) is 2.93. The molecule has 1 saturated heterocycles. The van der Waals surface area contributed by atoms with Crippen molar-refractivity contribution in [3.05, 3.63) is 0 Å². The third-order valence-electron chi connectivity index (χ3n) is 4.39. The van der Waals surface area contributed by atoms with Gasteiger partial charge in [-0.15, -0.1) is 0 Å². The molecule has 0 atom stereocenters. The lowest BCUT2D eigenvalue weighted by Gasteiger charge is -2.32. The van der Waals surface area contributed by atoms with E-state index in [1.165, 1.54) is 6.92 Å². The Bertz CT molecular complexity index is 462. The summed E-state index contributed by atoms with van der Waals surface area (Å²) in [4.78, 5) is 51.4. The van der Waals surface area contributed by atoms with E-state index in [4.69, 9.17) is 14.6 Å². The van der Waals surface area contributed by atoms with Gasteiger partial charge in [-0.25, -0.2) is 0 Å². The zero-order valence-corrected chi connectivity index (χ0v) is 16.3. The fraction of sp³-hybridized carbons (Fsp3) is 0.765. The first-order valence-corrected chi connectivity index (χ1v) is 9.15. The van der Waals surface area contributed by atoms with Crippen LogP contribution in [0.15, 0.2) is 0 Å². The maximum atomic E-state index is 11.6. The first kappa shape index (κ1) is 24.0. The highest BCUT2D eigenvalue weighted by atomic mass is 16.5. The summed E-state index contributed by atoms with van der Waals surface area (Å²) in [6.45, 7) is 6.97. The first-order chi connectivity index (χ1) is 13.4. The maximum absolute atomic E-state index is 11.6. The Balaban J connectivity index is 2.84. The Hall–Kier alpha value is -2.08. The number of carboxylic acids is 1. The van der Waals surface area contributed by atoms with Gasteiger partial charge in [-0.3, -0.25) is 38.8 Å². The lowest BCUT2D eigenvalue weighted by molar-refractivity contribution is -0.139. The molecule has 0 saturated carbocycles. The highest BCUT2D eigenvalue weighted by molar-refractivity contribution is 5.77. The van der Waals surface area contributed by atoms with Crippen molar-refractivity contribution >= 4 is 24.7 Å². The number of rotatable bonds is 10. The van der Waals surface area contributed by atoms with Gasteiger partial charge in [-0.1, -0.05) is 0 Å². The number of carboxylic acid groups (broad SMARTS) is 1. The number of carbonyl (C=O) groups is 4. The van der Waals surface area contributed by atoms with E-state index in [0.717, 1.165) is 0 Å². The average Bonchev–Trinajstić information content (AvgIpc) is 2.63. The molecule has 0 amide bonds. The monoisotopic (exact) mass is 402 g/mol. The highest BCUT2D eigenvalue weighted by Gasteiger charge is 2.18. The van der Waals surface area contributed by atoms with Gasteiger partial charge in [-0.2, -0.15) is 0 Å². The molecule has 0 aliphatic carbocycles. The Labute approximate surface area is 164 Å². The van der Waals surface area contributed by atoms with Crippen molar-refractivity contribution in [2.45, 2.75) is 6.92 Å². The summed E-state index contributed by atoms with van der Waals surface area (Å²) < 4.78 is 9.72. The number of carbonyl (C=O) groups excluding carboxylic acids is 3. The second-order valence-corrected chi connectivity index (χ2v) is 6.67. The van der Waals surface area contributed by atoms with E-state index in [1.807, 2.05) is 14.7 Å². The third-order valence-corrected chi connectivity index (χ3v) is 4.39. The van der Waals surface area contributed by atoms with E-state index in [9.17, 15) is 19.2 Å². The van der Waals surface area contributed by atoms with Gasteiger partial charge in [0.1, 0.15) is 19.2 Å². The number of aliphatic carboxylic acids is 1. The Morgan fingerprint density at radius 1 is 0.750 bits per heavy atom. The first-order valence-electron chi connectivity index (χ1n) is 9.15. The summed E-state index contributed by atoms with van der Waals surface area (Å²) in [5.74, 6) is -0.886. The molecule has 0 bridgehead atoms. The largest absolute Gasteiger partial charge is 0.480 e. The lowest BCUT2D eigenvalue weighted by atomic mass is 10.3. The fourth-order valence-electron chi connectivity index (χ4n) is 2.93. The number of Topliss-reactive ketones (excluding diaryl/α,β-unsaturated/α-hetero) is 1. The predicted octanol–water partition coefficient (Wildman–Crippen LogP) is -1.86. The summed E-state index contributed by atoms with van der Waals surface area (Å²) in [6, 6.07) is 0. The van der Waals surface area contributed by atoms with Gasteiger partial charge in [0.05, 0.1) is 13.1 Å². The quantitative estimate of drug-likeness (QED) is 0.414. The summed E-state index contributed by atoms with van der Waals surface area (Å²) in [7, 11) is 0. The van der Waals surface area contributed by atoms with Gasteiger partial charge in [0.15, 0.2) is 0 Å². The molecule has 0 radical (unpaired) electrons. The Morgan fingerprint density at radius 2 is 1.11 bits per heavy atom. The molecule has 0 aromatic rings. The standard InChI is InChI=1S/C17H30N4O7/c1-16(24)10-18-2-3-19(11-17(25)26)5-7-21(13-28-15-23)9-8-20(6-4-18)12-27-14-22/h14-15H,2-13H2,1H3,(H,25,26). The molecule has 11 nitrogen and oxygen atoms in total. The number of nitrogens with zero attached hydrogens (tertiary/aromatic N) is 4.